The van der Waals surface area contributed by atoms with Crippen LogP contribution in [-0.2, 0) is 6.54 Å². The van der Waals surface area contributed by atoms with Crippen molar-refractivity contribution in [3.63, 3.8) is 0 Å². The molecule has 1 aromatic heterocycles. The van der Waals surface area contributed by atoms with Crippen LogP contribution < -0.4 is 0 Å². The van der Waals surface area contributed by atoms with Crippen molar-refractivity contribution in [3.05, 3.63) is 65.4 Å². The molecule has 5 nitrogen and oxygen atoms in total. The number of aromatic amines is 1. The van der Waals surface area contributed by atoms with Crippen LogP contribution in [0.3, 0.4) is 0 Å². The van der Waals surface area contributed by atoms with Crippen LogP contribution in [0.25, 0.3) is 10.9 Å². The normalized spacial score (nSPS) is 15.5. The number of amides is 1. The number of hydrogen-bond donors (Lipinski definition) is 1. The lowest BCUT2D eigenvalue weighted by Crippen LogP contribution is -2.47. The first-order valence-electron chi connectivity index (χ1n) is 11.2. The highest BCUT2D eigenvalue weighted by atomic mass is 16.2. The first kappa shape index (κ1) is 20.6. The van der Waals surface area contributed by atoms with Crippen molar-refractivity contribution in [1.29, 1.82) is 0 Å². The van der Waals surface area contributed by atoms with Crippen LogP contribution in [0.2, 0.25) is 0 Å². The fourth-order valence-electron chi connectivity index (χ4n) is 4.42. The van der Waals surface area contributed by atoms with Crippen molar-refractivity contribution in [1.82, 2.24) is 20.0 Å². The van der Waals surface area contributed by atoms with E-state index in [0.717, 1.165) is 48.0 Å². The summed E-state index contributed by atoms with van der Waals surface area (Å²) < 4.78 is 0. The minimum absolute atomic E-state index is 0.0287. The second-order valence-electron chi connectivity index (χ2n) is 8.47. The highest BCUT2D eigenvalue weighted by molar-refractivity contribution is 6.04. The number of aryl methyl sites for hydroxylation is 1. The monoisotopic (exact) mass is 404 g/mol. The number of likely N-dealkylation sites (tertiary alicyclic amines) is 1. The molecule has 1 amide bonds. The second kappa shape index (κ2) is 9.43. The van der Waals surface area contributed by atoms with E-state index >= 15 is 0 Å². The highest BCUT2D eigenvalue weighted by Gasteiger charge is 2.30. The zero-order valence-corrected chi connectivity index (χ0v) is 18.1. The van der Waals surface area contributed by atoms with Gasteiger partial charge in [0.2, 0.25) is 0 Å². The molecular formula is C25H32N4O. The minimum Gasteiger partial charge on any atom is -0.330 e. The maximum absolute atomic E-state index is 13.7. The van der Waals surface area contributed by atoms with Gasteiger partial charge in [-0.1, -0.05) is 55.8 Å². The van der Waals surface area contributed by atoms with Gasteiger partial charge in [0.15, 0.2) is 5.69 Å². The third-order valence-corrected chi connectivity index (χ3v) is 6.20. The Hall–Kier alpha value is -2.66. The van der Waals surface area contributed by atoms with Crippen molar-refractivity contribution in [3.8, 4) is 0 Å². The van der Waals surface area contributed by atoms with E-state index in [1.165, 1.54) is 19.4 Å². The van der Waals surface area contributed by atoms with Crippen LogP contribution in [0, 0.1) is 6.92 Å². The minimum atomic E-state index is 0.0287. The van der Waals surface area contributed by atoms with E-state index in [2.05, 4.69) is 46.0 Å². The van der Waals surface area contributed by atoms with E-state index in [0.29, 0.717) is 12.2 Å². The fourth-order valence-corrected chi connectivity index (χ4v) is 4.42. The second-order valence-corrected chi connectivity index (χ2v) is 8.47. The molecule has 0 unspecified atom stereocenters. The Kier molecular flexibility index (Phi) is 6.48. The molecule has 4 rings (SSSR count). The number of fused-ring (bicyclic) bond motifs is 1. The first-order valence-corrected chi connectivity index (χ1v) is 11.2. The van der Waals surface area contributed by atoms with Crippen LogP contribution in [-0.4, -0.2) is 51.6 Å². The topological polar surface area (TPSA) is 52.2 Å². The zero-order valence-electron chi connectivity index (χ0n) is 18.1. The number of benzene rings is 2. The SMILES string of the molecule is CCCCN1CCC(N(Cc2ccccc2)C(=O)c2n[nH]c3cc(C)ccc23)CC1. The van der Waals surface area contributed by atoms with Gasteiger partial charge in [-0.2, -0.15) is 5.10 Å². The van der Waals surface area contributed by atoms with Gasteiger partial charge in [-0.05, 0) is 49.9 Å². The maximum Gasteiger partial charge on any atom is 0.275 e. The number of rotatable bonds is 7. The number of carbonyl (C=O) groups is 1. The molecule has 0 radical (unpaired) electrons. The van der Waals surface area contributed by atoms with Crippen molar-refractivity contribution in [2.75, 3.05) is 19.6 Å². The number of piperidine rings is 1. The van der Waals surface area contributed by atoms with Gasteiger partial charge in [-0.3, -0.25) is 9.89 Å². The highest BCUT2D eigenvalue weighted by Crippen LogP contribution is 2.25. The largest absolute Gasteiger partial charge is 0.330 e. The summed E-state index contributed by atoms with van der Waals surface area (Å²) in [6.45, 7) is 8.20. The molecule has 0 atom stereocenters. The predicted octanol–water partition coefficient (Wildman–Crippen LogP) is 4.78. The summed E-state index contributed by atoms with van der Waals surface area (Å²) in [7, 11) is 0. The molecule has 0 bridgehead atoms. The molecule has 1 saturated heterocycles. The molecule has 1 aliphatic heterocycles. The molecule has 0 spiro atoms. The van der Waals surface area contributed by atoms with E-state index in [1.54, 1.807) is 0 Å². The molecule has 3 aromatic rings. The molecule has 30 heavy (non-hydrogen) atoms. The van der Waals surface area contributed by atoms with E-state index in [-0.39, 0.29) is 11.9 Å². The first-order chi connectivity index (χ1) is 14.7. The third-order valence-electron chi connectivity index (χ3n) is 6.20. The lowest BCUT2D eigenvalue weighted by atomic mass is 10.0. The van der Waals surface area contributed by atoms with Gasteiger partial charge in [-0.25, -0.2) is 0 Å². The van der Waals surface area contributed by atoms with Gasteiger partial charge >= 0.3 is 0 Å². The number of nitrogens with zero attached hydrogens (tertiary/aromatic N) is 3. The van der Waals surface area contributed by atoms with E-state index in [1.807, 2.05) is 36.4 Å². The van der Waals surface area contributed by atoms with E-state index < -0.39 is 0 Å². The van der Waals surface area contributed by atoms with Gasteiger partial charge in [0.05, 0.1) is 5.52 Å². The maximum atomic E-state index is 13.7. The average Bonchev–Trinajstić information content (AvgIpc) is 3.20. The number of nitrogens with one attached hydrogen (secondary N) is 1. The van der Waals surface area contributed by atoms with Crippen LogP contribution in [0.1, 0.15) is 54.2 Å². The van der Waals surface area contributed by atoms with E-state index in [4.69, 9.17) is 0 Å². The molecule has 2 heterocycles. The third kappa shape index (κ3) is 4.57. The standard InChI is InChI=1S/C25H32N4O/c1-3-4-14-28-15-12-21(13-16-28)29(18-20-8-6-5-7-9-20)25(30)24-22-11-10-19(2)17-23(22)26-27-24/h5-11,17,21H,3-4,12-16,18H2,1-2H3,(H,26,27). The Morgan fingerprint density at radius 3 is 2.67 bits per heavy atom. The van der Waals surface area contributed by atoms with Gasteiger partial charge in [0.1, 0.15) is 0 Å². The summed E-state index contributed by atoms with van der Waals surface area (Å²) in [5.41, 5.74) is 3.78. The van der Waals surface area contributed by atoms with Crippen molar-refractivity contribution in [2.24, 2.45) is 0 Å². The van der Waals surface area contributed by atoms with Crippen LogP contribution in [0.4, 0.5) is 0 Å². The van der Waals surface area contributed by atoms with Gasteiger partial charge in [-0.15, -0.1) is 0 Å². The Balaban J connectivity index is 1.57. The summed E-state index contributed by atoms with van der Waals surface area (Å²) >= 11 is 0. The quantitative estimate of drug-likeness (QED) is 0.617. The van der Waals surface area contributed by atoms with Gasteiger partial charge in [0.25, 0.3) is 5.91 Å². The van der Waals surface area contributed by atoms with E-state index in [9.17, 15) is 4.79 Å². The lowest BCUT2D eigenvalue weighted by Gasteiger charge is -2.38. The summed E-state index contributed by atoms with van der Waals surface area (Å²) in [5, 5.41) is 8.39. The number of hydrogen-bond acceptors (Lipinski definition) is 3. The van der Waals surface area contributed by atoms with Crippen molar-refractivity contribution in [2.45, 2.75) is 52.1 Å². The number of unbranched alkanes of at least 4 members (excludes halogenated alkanes) is 1. The summed E-state index contributed by atoms with van der Waals surface area (Å²) in [6.07, 6.45) is 4.51. The molecule has 5 heteroatoms. The molecule has 0 saturated carbocycles. The summed E-state index contributed by atoms with van der Waals surface area (Å²) in [6, 6.07) is 16.6. The number of carbonyl (C=O) groups excluding carboxylic acids is 1. The molecule has 0 aliphatic carbocycles. The summed E-state index contributed by atoms with van der Waals surface area (Å²) in [4.78, 5) is 18.3. The zero-order chi connectivity index (χ0) is 20.9. The van der Waals surface area contributed by atoms with Gasteiger partial charge < -0.3 is 9.80 Å². The molecule has 158 valence electrons. The molecule has 1 N–H and O–H groups in total. The summed E-state index contributed by atoms with van der Waals surface area (Å²) in [5.74, 6) is 0.0287. The average molecular weight is 405 g/mol. The molecule has 2 aromatic carbocycles. The Bertz CT molecular complexity index is 973. The fraction of sp³-hybridized carbons (Fsp3) is 0.440. The van der Waals surface area contributed by atoms with Gasteiger partial charge in [0, 0.05) is 31.1 Å². The predicted molar refractivity (Wildman–Crippen MR) is 122 cm³/mol. The Morgan fingerprint density at radius 2 is 1.93 bits per heavy atom. The lowest BCUT2D eigenvalue weighted by molar-refractivity contribution is 0.0545. The van der Waals surface area contributed by atoms with Crippen molar-refractivity contribution < 1.29 is 4.79 Å². The Labute approximate surface area is 179 Å². The smallest absolute Gasteiger partial charge is 0.275 e. The molecular weight excluding hydrogens is 372 g/mol. The number of aromatic nitrogens is 2. The Morgan fingerprint density at radius 1 is 1.17 bits per heavy atom. The van der Waals surface area contributed by atoms with Crippen LogP contribution in [0.5, 0.6) is 0 Å². The van der Waals surface area contributed by atoms with Crippen molar-refractivity contribution >= 4 is 16.8 Å². The van der Waals surface area contributed by atoms with Crippen LogP contribution >= 0.6 is 0 Å². The number of H-pyrrole nitrogens is 1. The van der Waals surface area contributed by atoms with Crippen LogP contribution in [0.15, 0.2) is 48.5 Å². The molecule has 1 fully saturated rings. The molecule has 1 aliphatic rings.